The molecule has 1 atom stereocenters. The molecule has 2 rings (SSSR count). The molecule has 2 aromatic rings. The highest BCUT2D eigenvalue weighted by Crippen LogP contribution is 2.08. The summed E-state index contributed by atoms with van der Waals surface area (Å²) in [6.07, 6.45) is 4.39. The highest BCUT2D eigenvalue weighted by molar-refractivity contribution is 5.07. The maximum Gasteiger partial charge on any atom is 0.0651 e. The lowest BCUT2D eigenvalue weighted by Gasteiger charge is -2.08. The Kier molecular flexibility index (Phi) is 4.10. The van der Waals surface area contributed by atoms with Crippen LogP contribution < -0.4 is 0 Å². The van der Waals surface area contributed by atoms with Crippen LogP contribution in [0, 0.1) is 0 Å². The lowest BCUT2D eigenvalue weighted by Crippen LogP contribution is -2.15. The van der Waals surface area contributed by atoms with Crippen LogP contribution in [0.1, 0.15) is 31.3 Å². The van der Waals surface area contributed by atoms with Gasteiger partial charge in [0, 0.05) is 37.0 Å². The summed E-state index contributed by atoms with van der Waals surface area (Å²) in [6, 6.07) is 8.05. The monoisotopic (exact) mass is 245 g/mol. The van der Waals surface area contributed by atoms with Crippen molar-refractivity contribution >= 4 is 0 Å². The smallest absolute Gasteiger partial charge is 0.0651 e. The zero-order valence-electron chi connectivity index (χ0n) is 10.8. The summed E-state index contributed by atoms with van der Waals surface area (Å²) in [5.41, 5.74) is 1.83. The van der Waals surface area contributed by atoms with Crippen LogP contribution in [0.15, 0.2) is 36.7 Å². The van der Waals surface area contributed by atoms with E-state index in [0.29, 0.717) is 18.9 Å². The van der Waals surface area contributed by atoms with Gasteiger partial charge in [-0.15, -0.1) is 0 Å². The van der Waals surface area contributed by atoms with Crippen molar-refractivity contribution in [2.24, 2.45) is 0 Å². The Morgan fingerprint density at radius 1 is 1.17 bits per heavy atom. The van der Waals surface area contributed by atoms with Gasteiger partial charge in [-0.25, -0.2) is 0 Å². The molecule has 4 heteroatoms. The fraction of sp³-hybridized carbons (Fsp3) is 0.429. The summed E-state index contributed by atoms with van der Waals surface area (Å²) in [4.78, 5) is 4.21. The number of pyridine rings is 1. The van der Waals surface area contributed by atoms with E-state index in [2.05, 4.69) is 23.9 Å². The molecule has 1 unspecified atom stereocenters. The van der Waals surface area contributed by atoms with Crippen molar-refractivity contribution in [1.29, 1.82) is 0 Å². The molecule has 1 N–H and O–H groups in total. The third-order valence-electron chi connectivity index (χ3n) is 2.81. The van der Waals surface area contributed by atoms with Crippen molar-refractivity contribution in [2.75, 3.05) is 0 Å². The number of hydrogen-bond acceptors (Lipinski definition) is 3. The fourth-order valence-electron chi connectivity index (χ4n) is 1.85. The molecular weight excluding hydrogens is 226 g/mol. The first-order valence-corrected chi connectivity index (χ1v) is 6.27. The topological polar surface area (TPSA) is 50.9 Å². The van der Waals surface area contributed by atoms with E-state index in [1.165, 1.54) is 0 Å². The molecule has 0 spiro atoms. The number of aliphatic hydroxyl groups excluding tert-OH is 1. The third-order valence-corrected chi connectivity index (χ3v) is 2.81. The zero-order valence-corrected chi connectivity index (χ0v) is 10.8. The van der Waals surface area contributed by atoms with Crippen LogP contribution in [-0.2, 0) is 12.8 Å². The highest BCUT2D eigenvalue weighted by atomic mass is 16.3. The van der Waals surface area contributed by atoms with Gasteiger partial charge in [-0.3, -0.25) is 9.67 Å². The van der Waals surface area contributed by atoms with Crippen molar-refractivity contribution in [3.63, 3.8) is 0 Å². The standard InChI is InChI=1S/C14H19N3O/c1-11(2)17-8-6-13(16-17)10-14(18)9-12-5-3-4-7-15-12/h3-8,11,14,18H,9-10H2,1-2H3. The molecule has 0 bridgehead atoms. The summed E-state index contributed by atoms with van der Waals surface area (Å²) < 4.78 is 1.91. The predicted molar refractivity (Wildman–Crippen MR) is 70.3 cm³/mol. The van der Waals surface area contributed by atoms with Crippen molar-refractivity contribution in [1.82, 2.24) is 14.8 Å². The van der Waals surface area contributed by atoms with Crippen molar-refractivity contribution < 1.29 is 5.11 Å². The van der Waals surface area contributed by atoms with Gasteiger partial charge in [0.25, 0.3) is 0 Å². The van der Waals surface area contributed by atoms with Crippen molar-refractivity contribution in [3.8, 4) is 0 Å². The molecule has 0 amide bonds. The van der Waals surface area contributed by atoms with Gasteiger partial charge in [-0.05, 0) is 32.0 Å². The van der Waals surface area contributed by atoms with Crippen LogP contribution in [0.25, 0.3) is 0 Å². The van der Waals surface area contributed by atoms with Crippen LogP contribution in [0.5, 0.6) is 0 Å². The van der Waals surface area contributed by atoms with E-state index in [4.69, 9.17) is 0 Å². The fourth-order valence-corrected chi connectivity index (χ4v) is 1.85. The molecule has 0 aromatic carbocycles. The molecule has 0 saturated carbocycles. The Balaban J connectivity index is 1.92. The number of aliphatic hydroxyl groups is 1. The van der Waals surface area contributed by atoms with Gasteiger partial charge in [-0.1, -0.05) is 6.07 Å². The van der Waals surface area contributed by atoms with E-state index >= 15 is 0 Å². The van der Waals surface area contributed by atoms with Gasteiger partial charge in [0.15, 0.2) is 0 Å². The maximum atomic E-state index is 10.0. The quantitative estimate of drug-likeness (QED) is 0.876. The Hall–Kier alpha value is -1.68. The third kappa shape index (κ3) is 3.40. The van der Waals surface area contributed by atoms with Gasteiger partial charge in [-0.2, -0.15) is 5.10 Å². The molecule has 2 aromatic heterocycles. The van der Waals surface area contributed by atoms with E-state index in [0.717, 1.165) is 11.4 Å². The molecule has 2 heterocycles. The Bertz CT molecular complexity index is 479. The SMILES string of the molecule is CC(C)n1ccc(CC(O)Cc2ccccn2)n1. The van der Waals surface area contributed by atoms with Crippen LogP contribution in [-0.4, -0.2) is 26.0 Å². The summed E-state index contributed by atoms with van der Waals surface area (Å²) in [5.74, 6) is 0. The second kappa shape index (κ2) is 5.78. The lowest BCUT2D eigenvalue weighted by atomic mass is 10.1. The van der Waals surface area contributed by atoms with Crippen molar-refractivity contribution in [2.45, 2.75) is 38.8 Å². The number of hydrogen-bond donors (Lipinski definition) is 1. The normalized spacial score (nSPS) is 12.9. The minimum absolute atomic E-state index is 0.353. The first-order valence-electron chi connectivity index (χ1n) is 6.27. The molecule has 0 radical (unpaired) electrons. The average molecular weight is 245 g/mol. The summed E-state index contributed by atoms with van der Waals surface area (Å²) in [5, 5.41) is 14.4. The summed E-state index contributed by atoms with van der Waals surface area (Å²) in [6.45, 7) is 4.17. The molecule has 96 valence electrons. The molecular formula is C14H19N3O. The van der Waals surface area contributed by atoms with Crippen molar-refractivity contribution in [3.05, 3.63) is 48.0 Å². The molecule has 0 fully saturated rings. The van der Waals surface area contributed by atoms with Gasteiger partial charge >= 0.3 is 0 Å². The summed E-state index contributed by atoms with van der Waals surface area (Å²) in [7, 11) is 0. The minimum Gasteiger partial charge on any atom is -0.392 e. The van der Waals surface area contributed by atoms with E-state index in [9.17, 15) is 5.11 Å². The molecule has 18 heavy (non-hydrogen) atoms. The number of rotatable bonds is 5. The molecule has 4 nitrogen and oxygen atoms in total. The van der Waals surface area contributed by atoms with E-state index < -0.39 is 6.10 Å². The first-order chi connectivity index (χ1) is 8.65. The largest absolute Gasteiger partial charge is 0.392 e. The van der Waals surface area contributed by atoms with Gasteiger partial charge in [0.05, 0.1) is 11.8 Å². The Labute approximate surface area is 107 Å². The van der Waals surface area contributed by atoms with Gasteiger partial charge < -0.3 is 5.11 Å². The Morgan fingerprint density at radius 2 is 1.94 bits per heavy atom. The molecule has 0 aliphatic carbocycles. The second-order valence-electron chi connectivity index (χ2n) is 4.76. The Morgan fingerprint density at radius 3 is 2.56 bits per heavy atom. The predicted octanol–water partition coefficient (Wildman–Crippen LogP) is 2.01. The average Bonchev–Trinajstić information content (AvgIpc) is 2.78. The van der Waals surface area contributed by atoms with E-state index in [1.807, 2.05) is 35.1 Å². The zero-order chi connectivity index (χ0) is 13.0. The maximum absolute atomic E-state index is 10.0. The van der Waals surface area contributed by atoms with E-state index in [-0.39, 0.29) is 0 Å². The molecule has 0 saturated heterocycles. The van der Waals surface area contributed by atoms with Crippen LogP contribution in [0.3, 0.4) is 0 Å². The summed E-state index contributed by atoms with van der Waals surface area (Å²) >= 11 is 0. The van der Waals surface area contributed by atoms with Crippen LogP contribution in [0.4, 0.5) is 0 Å². The minimum atomic E-state index is -0.435. The lowest BCUT2D eigenvalue weighted by molar-refractivity contribution is 0.172. The number of aromatic nitrogens is 3. The van der Waals surface area contributed by atoms with E-state index in [1.54, 1.807) is 6.20 Å². The number of nitrogens with zero attached hydrogens (tertiary/aromatic N) is 3. The highest BCUT2D eigenvalue weighted by Gasteiger charge is 2.10. The molecule has 0 aliphatic rings. The second-order valence-corrected chi connectivity index (χ2v) is 4.76. The van der Waals surface area contributed by atoms with Crippen LogP contribution >= 0.6 is 0 Å². The first kappa shape index (κ1) is 12.8. The van der Waals surface area contributed by atoms with Gasteiger partial charge in [0.2, 0.25) is 0 Å². The van der Waals surface area contributed by atoms with Gasteiger partial charge in [0.1, 0.15) is 0 Å². The van der Waals surface area contributed by atoms with Crippen LogP contribution in [0.2, 0.25) is 0 Å². The molecule has 0 aliphatic heterocycles.